The summed E-state index contributed by atoms with van der Waals surface area (Å²) in [5.74, 6) is 0. The van der Waals surface area contributed by atoms with Gasteiger partial charge in [-0.25, -0.2) is 0 Å². The molecular weight excluding hydrogens is 609 g/mol. The fourth-order valence-electron chi connectivity index (χ4n) is 1.16. The summed E-state index contributed by atoms with van der Waals surface area (Å²) in [7, 11) is 0. The molecule has 10 N–H and O–H groups in total. The minimum atomic E-state index is 0.530. The van der Waals surface area contributed by atoms with Gasteiger partial charge in [-0.1, -0.05) is 0 Å². The zero-order valence-corrected chi connectivity index (χ0v) is 19.4. The van der Waals surface area contributed by atoms with Crippen molar-refractivity contribution in [2.24, 2.45) is 22.9 Å². The van der Waals surface area contributed by atoms with Crippen LogP contribution in [0.15, 0.2) is 0 Å². The van der Waals surface area contributed by atoms with E-state index < -0.39 is 0 Å². The summed E-state index contributed by atoms with van der Waals surface area (Å²) < 4.78 is 0. The van der Waals surface area contributed by atoms with Crippen LogP contribution in [0.2, 0.25) is 0 Å². The predicted molar refractivity (Wildman–Crippen MR) is 108 cm³/mol. The summed E-state index contributed by atoms with van der Waals surface area (Å²) in [6, 6.07) is 0. The van der Waals surface area contributed by atoms with E-state index in [9.17, 15) is 0 Å². The minimum Gasteiger partial charge on any atom is -0.330 e. The molecule has 0 unspecified atom stereocenters. The van der Waals surface area contributed by atoms with Crippen LogP contribution in [0.4, 0.5) is 0 Å². The van der Waals surface area contributed by atoms with Gasteiger partial charge in [0, 0.05) is 0 Å². The van der Waals surface area contributed by atoms with E-state index in [0.29, 0.717) is 13.3 Å². The summed E-state index contributed by atoms with van der Waals surface area (Å²) in [5.41, 5.74) is 20.8. The first kappa shape index (κ1) is 27.8. The molecule has 0 fully saturated rings. The van der Waals surface area contributed by atoms with Crippen LogP contribution in [-0.4, -0.2) is 52.4 Å². The Labute approximate surface area is 160 Å². The first-order valence-electron chi connectivity index (χ1n) is 7.33. The Hall–Kier alpha value is 1.95. The van der Waals surface area contributed by atoms with Crippen LogP contribution in [0, 0.1) is 0 Å². The Bertz CT molecular complexity index is 134. The van der Waals surface area contributed by atoms with E-state index in [1.165, 1.54) is 6.42 Å². The number of nitrogens with two attached hydrogens (primary N) is 4. The second-order valence-electron chi connectivity index (χ2n) is 4.12. The Morgan fingerprint density at radius 2 is 0.857 bits per heavy atom. The van der Waals surface area contributed by atoms with Gasteiger partial charge in [-0.15, -0.1) is 0 Å². The standard InChI is InChI=1S/C9H24N4.C3H10N2.I3/c10-4-1-6-12-8-3-9-13-7-2-5-11;4-2-1-3-5;1-3-2/h12-13H,1-11H2;1-5H2;/q;;-1. The molecule has 6 nitrogen and oxygen atoms in total. The summed E-state index contributed by atoms with van der Waals surface area (Å²) >= 11 is 5.30. The molecule has 0 aromatic carbocycles. The summed E-state index contributed by atoms with van der Waals surface area (Å²) in [4.78, 5) is 0. The van der Waals surface area contributed by atoms with E-state index in [4.69, 9.17) is 22.9 Å². The van der Waals surface area contributed by atoms with E-state index in [1.54, 1.807) is 0 Å². The van der Waals surface area contributed by atoms with Gasteiger partial charge in [0.25, 0.3) is 0 Å². The number of nitrogens with one attached hydrogen (secondary N) is 2. The van der Waals surface area contributed by atoms with E-state index in [-0.39, 0.29) is 0 Å². The SMILES string of the molecule is I[I-]I.NCCCN.NCCCNCCCNCCCN. The zero-order valence-electron chi connectivity index (χ0n) is 12.9. The number of hydrogen-bond donors (Lipinski definition) is 6. The third-order valence-corrected chi connectivity index (χ3v) is 2.23. The summed E-state index contributed by atoms with van der Waals surface area (Å²) in [6.45, 7) is 7.24. The Kier molecular flexibility index (Phi) is 44.4. The molecule has 0 aliphatic heterocycles. The molecule has 0 amide bonds. The number of halogens is 3. The van der Waals surface area contributed by atoms with Crippen LogP contribution in [-0.2, 0) is 0 Å². The van der Waals surface area contributed by atoms with Crippen LogP contribution in [0.5, 0.6) is 0 Å². The van der Waals surface area contributed by atoms with Crippen molar-refractivity contribution in [3.8, 4) is 0 Å². The van der Waals surface area contributed by atoms with Crippen molar-refractivity contribution in [2.75, 3.05) is 52.4 Å². The fraction of sp³-hybridized carbons (Fsp3) is 1.00. The van der Waals surface area contributed by atoms with Gasteiger partial charge in [-0.2, -0.15) is 0 Å². The van der Waals surface area contributed by atoms with Crippen molar-refractivity contribution in [3.05, 3.63) is 0 Å². The molecule has 0 rings (SSSR count). The van der Waals surface area contributed by atoms with E-state index >= 15 is 0 Å². The van der Waals surface area contributed by atoms with Crippen molar-refractivity contribution in [1.82, 2.24) is 10.6 Å². The normalized spacial score (nSPS) is 9.62. The van der Waals surface area contributed by atoms with Gasteiger partial charge in [0.1, 0.15) is 0 Å². The maximum atomic E-state index is 5.36. The fourth-order valence-corrected chi connectivity index (χ4v) is 1.16. The van der Waals surface area contributed by atoms with Crippen LogP contribution < -0.4 is 46.8 Å². The van der Waals surface area contributed by atoms with Crippen molar-refractivity contribution >= 4 is 37.2 Å². The van der Waals surface area contributed by atoms with E-state index in [1.807, 2.05) is 0 Å². The molecule has 0 bridgehead atoms. The quantitative estimate of drug-likeness (QED) is 0.102. The molecule has 0 aromatic rings. The van der Waals surface area contributed by atoms with Crippen LogP contribution >= 0.6 is 37.2 Å². The minimum absolute atomic E-state index is 0.530. The smallest absolute Gasteiger partial charge is 0.00368 e. The molecule has 0 spiro atoms. The van der Waals surface area contributed by atoms with E-state index in [0.717, 1.165) is 71.6 Å². The number of hydrogen-bond acceptors (Lipinski definition) is 6. The molecule has 0 aromatic heterocycles. The molecule has 134 valence electrons. The van der Waals surface area contributed by atoms with Crippen molar-refractivity contribution in [3.63, 3.8) is 0 Å². The molecule has 0 heterocycles. The predicted octanol–water partition coefficient (Wildman–Crippen LogP) is -2.68. The second kappa shape index (κ2) is 33.5. The molecule has 9 heteroatoms. The average Bonchev–Trinajstić information content (AvgIpc) is 2.48. The van der Waals surface area contributed by atoms with Crippen molar-refractivity contribution in [2.45, 2.75) is 25.7 Å². The van der Waals surface area contributed by atoms with Gasteiger partial charge in [-0.05, 0) is 78.0 Å². The number of rotatable bonds is 12. The van der Waals surface area contributed by atoms with Gasteiger partial charge in [-0.3, -0.25) is 0 Å². The Morgan fingerprint density at radius 3 is 1.10 bits per heavy atom. The van der Waals surface area contributed by atoms with Crippen molar-refractivity contribution in [1.29, 1.82) is 0 Å². The molecule has 0 aliphatic rings. The first-order valence-corrected chi connectivity index (χ1v) is 19.9. The van der Waals surface area contributed by atoms with Gasteiger partial charge < -0.3 is 33.6 Å². The molecule has 0 saturated heterocycles. The van der Waals surface area contributed by atoms with Gasteiger partial charge in [0.15, 0.2) is 0 Å². The largest absolute Gasteiger partial charge is 0.330 e. The zero-order chi connectivity index (χ0) is 16.6. The third kappa shape index (κ3) is 44.9. The monoisotopic (exact) mass is 643 g/mol. The maximum Gasteiger partial charge on any atom is -0.00368 e. The summed E-state index contributed by atoms with van der Waals surface area (Å²) in [5, 5.41) is 6.67. The summed E-state index contributed by atoms with van der Waals surface area (Å²) in [6.07, 6.45) is 4.26. The average molecular weight is 643 g/mol. The third-order valence-electron chi connectivity index (χ3n) is 2.23. The maximum absolute atomic E-state index is 5.36. The molecule has 0 radical (unpaired) electrons. The topological polar surface area (TPSA) is 128 Å². The van der Waals surface area contributed by atoms with Crippen LogP contribution in [0.3, 0.4) is 0 Å². The van der Waals surface area contributed by atoms with Gasteiger partial charge in [0.2, 0.25) is 0 Å². The molecule has 0 aliphatic carbocycles. The Balaban J connectivity index is -0.000000335. The molecule has 0 saturated carbocycles. The molecular formula is C12H34I3N6-. The van der Waals surface area contributed by atoms with Gasteiger partial charge >= 0.3 is 50.5 Å². The van der Waals surface area contributed by atoms with Crippen molar-refractivity contribution < 1.29 is 13.3 Å². The second-order valence-corrected chi connectivity index (χ2v) is 20.4. The molecule has 0 atom stereocenters. The first-order chi connectivity index (χ1) is 10.2. The van der Waals surface area contributed by atoms with Crippen LogP contribution in [0.25, 0.3) is 0 Å². The Morgan fingerprint density at radius 1 is 0.571 bits per heavy atom. The van der Waals surface area contributed by atoms with Gasteiger partial charge in [0.05, 0.1) is 0 Å². The van der Waals surface area contributed by atoms with E-state index in [2.05, 4.69) is 47.9 Å². The molecule has 21 heavy (non-hydrogen) atoms. The van der Waals surface area contributed by atoms with Crippen LogP contribution in [0.1, 0.15) is 25.7 Å².